The molecule has 0 radical (unpaired) electrons. The number of aliphatic carboxylic acids is 1. The van der Waals surface area contributed by atoms with Gasteiger partial charge in [0, 0.05) is 17.3 Å². The molecule has 0 unspecified atom stereocenters. The van der Waals surface area contributed by atoms with Crippen molar-refractivity contribution in [3.05, 3.63) is 47.3 Å². The summed E-state index contributed by atoms with van der Waals surface area (Å²) in [5.41, 5.74) is 0.504. The number of benzene rings is 1. The molecule has 2 aromatic rings. The van der Waals surface area contributed by atoms with Crippen LogP contribution in [0.15, 0.2) is 46.0 Å². The molecule has 9 heteroatoms. The Balaban J connectivity index is 1.81. The van der Waals surface area contributed by atoms with Gasteiger partial charge in [-0.2, -0.15) is 0 Å². The van der Waals surface area contributed by atoms with Crippen molar-refractivity contribution in [3.63, 3.8) is 0 Å². The van der Waals surface area contributed by atoms with Crippen LogP contribution in [0.3, 0.4) is 0 Å². The summed E-state index contributed by atoms with van der Waals surface area (Å²) in [4.78, 5) is 24.9. The molecule has 0 atom stereocenters. The fraction of sp³-hybridized carbons (Fsp3) is 0.250. The third kappa shape index (κ3) is 4.18. The zero-order valence-electron chi connectivity index (χ0n) is 13.1. The summed E-state index contributed by atoms with van der Waals surface area (Å²) in [5, 5.41) is 10.6. The number of rotatable bonds is 7. The second-order valence-electron chi connectivity index (χ2n) is 5.68. The molecule has 7 nitrogen and oxygen atoms in total. The first-order chi connectivity index (χ1) is 11.9. The molecule has 2 N–H and O–H groups in total. The molecule has 1 amide bonds. The van der Waals surface area contributed by atoms with E-state index in [4.69, 9.17) is 5.11 Å². The van der Waals surface area contributed by atoms with Crippen molar-refractivity contribution in [1.82, 2.24) is 4.90 Å². The molecule has 25 heavy (non-hydrogen) atoms. The summed E-state index contributed by atoms with van der Waals surface area (Å²) in [7, 11) is -3.71. The highest BCUT2D eigenvalue weighted by molar-refractivity contribution is 7.94. The molecule has 0 spiro atoms. The molecule has 0 bridgehead atoms. The monoisotopic (exact) mass is 380 g/mol. The van der Waals surface area contributed by atoms with E-state index in [-0.39, 0.29) is 28.0 Å². The number of carbonyl (C=O) groups is 2. The maximum absolute atomic E-state index is 12.6. The molecule has 1 heterocycles. The smallest absolute Gasteiger partial charge is 0.323 e. The van der Waals surface area contributed by atoms with Gasteiger partial charge in [-0.05, 0) is 42.5 Å². The second kappa shape index (κ2) is 6.85. The maximum atomic E-state index is 12.6. The first kappa shape index (κ1) is 17.4. The van der Waals surface area contributed by atoms with Crippen molar-refractivity contribution >= 4 is 38.9 Å². The number of anilines is 1. The van der Waals surface area contributed by atoms with Gasteiger partial charge in [-0.3, -0.25) is 14.3 Å². The molecule has 1 aromatic carbocycles. The number of sulfonamides is 1. The number of carbonyl (C=O) groups excluding carboxylic acids is 1. The summed E-state index contributed by atoms with van der Waals surface area (Å²) < 4.78 is 27.1. The minimum absolute atomic E-state index is 0.0601. The van der Waals surface area contributed by atoms with Crippen LogP contribution in [-0.4, -0.2) is 42.9 Å². The molecular weight excluding hydrogens is 364 g/mol. The minimum Gasteiger partial charge on any atom is -0.480 e. The Kier molecular flexibility index (Phi) is 4.78. The summed E-state index contributed by atoms with van der Waals surface area (Å²) in [6, 6.07) is 9.14. The Labute approximate surface area is 149 Å². The van der Waals surface area contributed by atoms with Gasteiger partial charge in [0.25, 0.3) is 15.9 Å². The standard InChI is InChI=1S/C16H16N2O5S2/c19-14(20)10-18(13-6-7-13)16(21)11-3-1-4-12(9-11)17-25(22,23)15-5-2-8-24-15/h1-5,8-9,13,17H,6-7,10H2,(H,19,20). The molecule has 3 rings (SSSR count). The number of hydrogen-bond acceptors (Lipinski definition) is 5. The largest absolute Gasteiger partial charge is 0.480 e. The molecular formula is C16H16N2O5S2. The van der Waals surface area contributed by atoms with Gasteiger partial charge in [0.2, 0.25) is 0 Å². The average Bonchev–Trinajstić information content (AvgIpc) is 3.23. The average molecular weight is 380 g/mol. The van der Waals surface area contributed by atoms with Crippen LogP contribution in [0.25, 0.3) is 0 Å². The Hall–Kier alpha value is -2.39. The van der Waals surface area contributed by atoms with E-state index in [1.54, 1.807) is 29.6 Å². The van der Waals surface area contributed by atoms with Gasteiger partial charge in [0.15, 0.2) is 0 Å². The number of hydrogen-bond donors (Lipinski definition) is 2. The number of nitrogens with zero attached hydrogens (tertiary/aromatic N) is 1. The summed E-state index contributed by atoms with van der Waals surface area (Å²) in [6.45, 7) is -0.366. The zero-order valence-corrected chi connectivity index (χ0v) is 14.7. The number of thiophene rings is 1. The molecule has 1 aromatic heterocycles. The van der Waals surface area contributed by atoms with Gasteiger partial charge in [-0.15, -0.1) is 11.3 Å². The zero-order chi connectivity index (χ0) is 18.0. The van der Waals surface area contributed by atoms with Crippen LogP contribution in [0, 0.1) is 0 Å². The summed E-state index contributed by atoms with van der Waals surface area (Å²) in [5.74, 6) is -1.49. The first-order valence-electron chi connectivity index (χ1n) is 7.56. The lowest BCUT2D eigenvalue weighted by Crippen LogP contribution is -2.37. The van der Waals surface area contributed by atoms with Gasteiger partial charge in [-0.1, -0.05) is 12.1 Å². The predicted molar refractivity (Wildman–Crippen MR) is 93.3 cm³/mol. The van der Waals surface area contributed by atoms with E-state index in [0.717, 1.165) is 24.2 Å². The highest BCUT2D eigenvalue weighted by Crippen LogP contribution is 2.29. The number of carboxylic acid groups (broad SMARTS) is 1. The predicted octanol–water partition coefficient (Wildman–Crippen LogP) is 2.24. The highest BCUT2D eigenvalue weighted by Gasteiger charge is 2.34. The summed E-state index contributed by atoms with van der Waals surface area (Å²) >= 11 is 1.09. The van der Waals surface area contributed by atoms with Gasteiger partial charge < -0.3 is 10.0 Å². The van der Waals surface area contributed by atoms with E-state index in [9.17, 15) is 18.0 Å². The fourth-order valence-electron chi connectivity index (χ4n) is 2.40. The van der Waals surface area contributed by atoms with Crippen LogP contribution in [0.5, 0.6) is 0 Å². The van der Waals surface area contributed by atoms with Crippen molar-refractivity contribution < 1.29 is 23.1 Å². The van der Waals surface area contributed by atoms with E-state index in [2.05, 4.69) is 4.72 Å². The quantitative estimate of drug-likeness (QED) is 0.767. The van der Waals surface area contributed by atoms with Gasteiger partial charge >= 0.3 is 5.97 Å². The lowest BCUT2D eigenvalue weighted by Gasteiger charge is -2.20. The first-order valence-corrected chi connectivity index (χ1v) is 9.92. The Morgan fingerprint density at radius 1 is 1.24 bits per heavy atom. The minimum atomic E-state index is -3.71. The van der Waals surface area contributed by atoms with Crippen LogP contribution in [-0.2, 0) is 14.8 Å². The SMILES string of the molecule is O=C(O)CN(C(=O)c1cccc(NS(=O)(=O)c2cccs2)c1)C1CC1. The van der Waals surface area contributed by atoms with Crippen LogP contribution in [0.4, 0.5) is 5.69 Å². The molecule has 0 aliphatic heterocycles. The highest BCUT2D eigenvalue weighted by atomic mass is 32.2. The normalized spacial score (nSPS) is 14.1. The third-order valence-electron chi connectivity index (χ3n) is 3.68. The van der Waals surface area contributed by atoms with E-state index in [1.165, 1.54) is 17.0 Å². The number of carboxylic acids is 1. The van der Waals surface area contributed by atoms with Crippen molar-refractivity contribution in [3.8, 4) is 0 Å². The Morgan fingerprint density at radius 3 is 2.60 bits per heavy atom. The molecule has 1 saturated carbocycles. The Bertz CT molecular complexity index is 889. The van der Waals surface area contributed by atoms with Gasteiger partial charge in [0.05, 0.1) is 0 Å². The van der Waals surface area contributed by atoms with E-state index < -0.39 is 21.9 Å². The van der Waals surface area contributed by atoms with Gasteiger partial charge in [-0.25, -0.2) is 8.42 Å². The third-order valence-corrected chi connectivity index (χ3v) is 6.45. The van der Waals surface area contributed by atoms with Crippen molar-refractivity contribution in [2.24, 2.45) is 0 Å². The second-order valence-corrected chi connectivity index (χ2v) is 8.53. The number of nitrogens with one attached hydrogen (secondary N) is 1. The fourth-order valence-corrected chi connectivity index (χ4v) is 4.44. The summed E-state index contributed by atoms with van der Waals surface area (Å²) in [6.07, 6.45) is 1.56. The van der Waals surface area contributed by atoms with E-state index >= 15 is 0 Å². The lowest BCUT2D eigenvalue weighted by atomic mass is 10.1. The number of amides is 1. The van der Waals surface area contributed by atoms with Crippen molar-refractivity contribution in [2.45, 2.75) is 23.1 Å². The van der Waals surface area contributed by atoms with E-state index in [1.807, 2.05) is 0 Å². The molecule has 1 aliphatic rings. The molecule has 0 saturated heterocycles. The van der Waals surface area contributed by atoms with Crippen LogP contribution >= 0.6 is 11.3 Å². The van der Waals surface area contributed by atoms with Gasteiger partial charge in [0.1, 0.15) is 10.8 Å². The molecule has 132 valence electrons. The van der Waals surface area contributed by atoms with Crippen LogP contribution in [0.2, 0.25) is 0 Å². The topological polar surface area (TPSA) is 104 Å². The lowest BCUT2D eigenvalue weighted by molar-refractivity contribution is -0.137. The molecule has 1 fully saturated rings. The molecule has 1 aliphatic carbocycles. The van der Waals surface area contributed by atoms with Crippen molar-refractivity contribution in [2.75, 3.05) is 11.3 Å². The van der Waals surface area contributed by atoms with Crippen molar-refractivity contribution in [1.29, 1.82) is 0 Å². The van der Waals surface area contributed by atoms with Crippen LogP contribution in [0.1, 0.15) is 23.2 Å². The van der Waals surface area contributed by atoms with Crippen LogP contribution < -0.4 is 4.72 Å². The maximum Gasteiger partial charge on any atom is 0.323 e. The Morgan fingerprint density at radius 2 is 2.00 bits per heavy atom. The van der Waals surface area contributed by atoms with E-state index in [0.29, 0.717) is 0 Å².